The number of likely N-dealkylation sites (N-methyl/N-ethyl adjacent to an activating group) is 2. The monoisotopic (exact) mass is 380 g/mol. The minimum Gasteiger partial charge on any atom is -0.340 e. The molecule has 1 heterocycles. The Hall–Kier alpha value is -1.70. The van der Waals surface area contributed by atoms with E-state index in [1.807, 2.05) is 43.4 Å². The number of benzene rings is 1. The standard InChI is InChI=1S/C18H24N2O3S2/c1-14(15-7-9-17(10-8-15)25(4,22)23)19(2)13-18(21)20(3)12-16-6-5-11-24-16/h5-11,14H,12-13H2,1-4H3. The van der Waals surface area contributed by atoms with E-state index in [1.54, 1.807) is 40.5 Å². The molecule has 0 bridgehead atoms. The van der Waals surface area contributed by atoms with E-state index in [-0.39, 0.29) is 11.9 Å². The van der Waals surface area contributed by atoms with Crippen LogP contribution in [0.15, 0.2) is 46.7 Å². The summed E-state index contributed by atoms with van der Waals surface area (Å²) in [5, 5.41) is 2.00. The maximum absolute atomic E-state index is 12.4. The van der Waals surface area contributed by atoms with Crippen molar-refractivity contribution in [3.63, 3.8) is 0 Å². The van der Waals surface area contributed by atoms with Crippen molar-refractivity contribution in [1.29, 1.82) is 0 Å². The molecule has 25 heavy (non-hydrogen) atoms. The number of amides is 1. The molecule has 0 spiro atoms. The van der Waals surface area contributed by atoms with Crippen molar-refractivity contribution in [3.8, 4) is 0 Å². The Morgan fingerprint density at radius 2 is 1.80 bits per heavy atom. The summed E-state index contributed by atoms with van der Waals surface area (Å²) in [6.07, 6.45) is 1.19. The third kappa shape index (κ3) is 5.39. The highest BCUT2D eigenvalue weighted by molar-refractivity contribution is 7.90. The molecule has 1 aromatic carbocycles. The Balaban J connectivity index is 1.97. The lowest BCUT2D eigenvalue weighted by molar-refractivity contribution is -0.131. The fourth-order valence-corrected chi connectivity index (χ4v) is 3.83. The second-order valence-electron chi connectivity index (χ2n) is 6.26. The van der Waals surface area contributed by atoms with E-state index in [0.717, 1.165) is 10.4 Å². The fraction of sp³-hybridized carbons (Fsp3) is 0.389. The van der Waals surface area contributed by atoms with E-state index in [1.165, 1.54) is 6.26 Å². The molecule has 0 N–H and O–H groups in total. The summed E-state index contributed by atoms with van der Waals surface area (Å²) >= 11 is 1.64. The third-order valence-electron chi connectivity index (χ3n) is 4.24. The molecule has 136 valence electrons. The van der Waals surface area contributed by atoms with Crippen molar-refractivity contribution in [1.82, 2.24) is 9.80 Å². The minimum absolute atomic E-state index is 0.00713. The topological polar surface area (TPSA) is 57.7 Å². The molecule has 1 aromatic heterocycles. The van der Waals surface area contributed by atoms with Gasteiger partial charge in [0.05, 0.1) is 18.0 Å². The molecule has 0 aliphatic carbocycles. The van der Waals surface area contributed by atoms with E-state index in [9.17, 15) is 13.2 Å². The summed E-state index contributed by atoms with van der Waals surface area (Å²) in [6.45, 7) is 2.92. The van der Waals surface area contributed by atoms with Crippen molar-refractivity contribution >= 4 is 27.1 Å². The fourth-order valence-electron chi connectivity index (χ4n) is 2.44. The van der Waals surface area contributed by atoms with Gasteiger partial charge in [0.1, 0.15) is 0 Å². The minimum atomic E-state index is -3.19. The lowest BCUT2D eigenvalue weighted by Gasteiger charge is -2.27. The zero-order chi connectivity index (χ0) is 18.6. The second-order valence-corrected chi connectivity index (χ2v) is 9.31. The van der Waals surface area contributed by atoms with Gasteiger partial charge in [-0.05, 0) is 43.1 Å². The van der Waals surface area contributed by atoms with Crippen molar-refractivity contribution in [2.24, 2.45) is 0 Å². The van der Waals surface area contributed by atoms with Crippen LogP contribution in [-0.4, -0.2) is 51.0 Å². The summed E-state index contributed by atoms with van der Waals surface area (Å²) in [5.74, 6) is 0.0514. The van der Waals surface area contributed by atoms with E-state index >= 15 is 0 Å². The van der Waals surface area contributed by atoms with Crippen LogP contribution in [-0.2, 0) is 21.2 Å². The molecule has 1 atom stereocenters. The van der Waals surface area contributed by atoms with Gasteiger partial charge in [-0.15, -0.1) is 11.3 Å². The van der Waals surface area contributed by atoms with Crippen LogP contribution in [0, 0.1) is 0 Å². The van der Waals surface area contributed by atoms with Crippen LogP contribution < -0.4 is 0 Å². The van der Waals surface area contributed by atoms with Gasteiger partial charge in [0.25, 0.3) is 0 Å². The molecule has 2 aromatic rings. The molecule has 5 nitrogen and oxygen atoms in total. The van der Waals surface area contributed by atoms with Gasteiger partial charge >= 0.3 is 0 Å². The molecule has 1 amide bonds. The molecule has 2 rings (SSSR count). The number of rotatable bonds is 7. The molecule has 0 fully saturated rings. The zero-order valence-corrected chi connectivity index (χ0v) is 16.6. The lowest BCUT2D eigenvalue weighted by atomic mass is 10.1. The number of thiophene rings is 1. The van der Waals surface area contributed by atoms with Crippen LogP contribution in [0.25, 0.3) is 0 Å². The Kier molecular flexibility index (Phi) is 6.37. The average molecular weight is 381 g/mol. The highest BCUT2D eigenvalue weighted by Gasteiger charge is 2.18. The Labute approximate surface area is 153 Å². The normalized spacial score (nSPS) is 13.0. The molecule has 0 aliphatic rings. The summed E-state index contributed by atoms with van der Waals surface area (Å²) in [5.41, 5.74) is 0.976. The van der Waals surface area contributed by atoms with Crippen LogP contribution in [0.3, 0.4) is 0 Å². The Morgan fingerprint density at radius 3 is 2.32 bits per heavy atom. The van der Waals surface area contributed by atoms with Crippen LogP contribution in [0.4, 0.5) is 0 Å². The average Bonchev–Trinajstić information content (AvgIpc) is 3.06. The van der Waals surface area contributed by atoms with Gasteiger partial charge in [-0.3, -0.25) is 9.69 Å². The molecule has 0 saturated carbocycles. The predicted molar refractivity (Wildman–Crippen MR) is 101 cm³/mol. The van der Waals surface area contributed by atoms with Gasteiger partial charge in [-0.1, -0.05) is 18.2 Å². The number of hydrogen-bond donors (Lipinski definition) is 0. The van der Waals surface area contributed by atoms with Gasteiger partial charge in [0.2, 0.25) is 5.91 Å². The first-order valence-corrected chi connectivity index (χ1v) is 10.7. The van der Waals surface area contributed by atoms with Gasteiger partial charge in [0, 0.05) is 24.2 Å². The first-order valence-electron chi connectivity index (χ1n) is 7.95. The molecule has 0 saturated heterocycles. The Morgan fingerprint density at radius 1 is 1.16 bits per heavy atom. The van der Waals surface area contributed by atoms with Gasteiger partial charge in [0.15, 0.2) is 9.84 Å². The quantitative estimate of drug-likeness (QED) is 0.741. The number of hydrogen-bond acceptors (Lipinski definition) is 5. The van der Waals surface area contributed by atoms with Crippen molar-refractivity contribution in [2.75, 3.05) is 26.9 Å². The summed E-state index contributed by atoms with van der Waals surface area (Å²) in [6, 6.07) is 10.8. The first kappa shape index (κ1) is 19.6. The first-order chi connectivity index (χ1) is 11.7. The number of nitrogens with zero attached hydrogens (tertiary/aromatic N) is 2. The van der Waals surface area contributed by atoms with Crippen LogP contribution in [0.1, 0.15) is 23.4 Å². The van der Waals surface area contributed by atoms with Crippen molar-refractivity contribution in [2.45, 2.75) is 24.4 Å². The maximum Gasteiger partial charge on any atom is 0.236 e. The molecule has 7 heteroatoms. The van der Waals surface area contributed by atoms with E-state index < -0.39 is 9.84 Å². The highest BCUT2D eigenvalue weighted by Crippen LogP contribution is 2.21. The van der Waals surface area contributed by atoms with Gasteiger partial charge in [-0.25, -0.2) is 8.42 Å². The SMILES string of the molecule is CC(c1ccc(S(C)(=O)=O)cc1)N(C)CC(=O)N(C)Cc1cccs1. The zero-order valence-electron chi connectivity index (χ0n) is 15.0. The van der Waals surface area contributed by atoms with Crippen LogP contribution in [0.2, 0.25) is 0 Å². The largest absolute Gasteiger partial charge is 0.340 e. The van der Waals surface area contributed by atoms with Gasteiger partial charge in [-0.2, -0.15) is 0 Å². The van der Waals surface area contributed by atoms with E-state index in [4.69, 9.17) is 0 Å². The summed E-state index contributed by atoms with van der Waals surface area (Å²) in [4.78, 5) is 17.6. The third-order valence-corrected chi connectivity index (χ3v) is 6.22. The number of sulfone groups is 1. The Bertz CT molecular complexity index is 799. The van der Waals surface area contributed by atoms with E-state index in [0.29, 0.717) is 18.0 Å². The summed E-state index contributed by atoms with van der Waals surface area (Å²) in [7, 11) is 0.508. The van der Waals surface area contributed by atoms with E-state index in [2.05, 4.69) is 0 Å². The van der Waals surface area contributed by atoms with Crippen molar-refractivity contribution < 1.29 is 13.2 Å². The molecular weight excluding hydrogens is 356 g/mol. The summed E-state index contributed by atoms with van der Waals surface area (Å²) < 4.78 is 23.1. The molecular formula is C18H24N2O3S2. The highest BCUT2D eigenvalue weighted by atomic mass is 32.2. The van der Waals surface area contributed by atoms with Crippen LogP contribution in [0.5, 0.6) is 0 Å². The second kappa shape index (κ2) is 8.12. The maximum atomic E-state index is 12.4. The molecule has 1 unspecified atom stereocenters. The van der Waals surface area contributed by atoms with Crippen LogP contribution >= 0.6 is 11.3 Å². The van der Waals surface area contributed by atoms with Gasteiger partial charge < -0.3 is 4.90 Å². The predicted octanol–water partition coefficient (Wildman–Crippen LogP) is 2.80. The number of carbonyl (C=O) groups is 1. The smallest absolute Gasteiger partial charge is 0.236 e. The number of carbonyl (C=O) groups excluding carboxylic acids is 1. The molecule has 0 radical (unpaired) electrons. The molecule has 0 aliphatic heterocycles. The lowest BCUT2D eigenvalue weighted by Crippen LogP contribution is -2.37. The van der Waals surface area contributed by atoms with Crippen molar-refractivity contribution in [3.05, 3.63) is 52.2 Å².